The molecule has 0 spiro atoms. The van der Waals surface area contributed by atoms with Crippen LogP contribution in [0.1, 0.15) is 16.1 Å². The van der Waals surface area contributed by atoms with Crippen molar-refractivity contribution in [1.29, 1.82) is 0 Å². The van der Waals surface area contributed by atoms with E-state index in [9.17, 15) is 9.18 Å². The highest BCUT2D eigenvalue weighted by molar-refractivity contribution is 5.97. The quantitative estimate of drug-likeness (QED) is 0.779. The Hall–Kier alpha value is -2.62. The number of fused-ring (bicyclic) bond motifs is 1. The summed E-state index contributed by atoms with van der Waals surface area (Å²) in [6.07, 6.45) is 0. The molecule has 4 heteroatoms. The molecule has 0 aliphatic heterocycles. The second-order valence-electron chi connectivity index (χ2n) is 4.59. The van der Waals surface area contributed by atoms with Crippen LogP contribution in [0.4, 0.5) is 4.39 Å². The number of rotatable bonds is 3. The molecule has 3 rings (SSSR count). The lowest BCUT2D eigenvalue weighted by molar-refractivity contribution is 0.0992. The van der Waals surface area contributed by atoms with Gasteiger partial charge in [-0.15, -0.1) is 0 Å². The predicted octanol–water partition coefficient (Wildman–Crippen LogP) is 2.73. The van der Waals surface area contributed by atoms with E-state index in [1.807, 2.05) is 16.7 Å². The molecule has 0 unspecified atom stereocenters. The summed E-state index contributed by atoms with van der Waals surface area (Å²) in [6, 6.07) is 16.4. The number of primary amides is 1. The molecule has 0 bridgehead atoms. The van der Waals surface area contributed by atoms with Gasteiger partial charge >= 0.3 is 0 Å². The molecule has 3 nitrogen and oxygen atoms in total. The van der Waals surface area contributed by atoms with Crippen LogP contribution in [-0.4, -0.2) is 10.5 Å². The van der Waals surface area contributed by atoms with E-state index >= 15 is 0 Å². The van der Waals surface area contributed by atoms with Gasteiger partial charge in [-0.25, -0.2) is 4.39 Å². The first-order valence-corrected chi connectivity index (χ1v) is 6.19. The van der Waals surface area contributed by atoms with E-state index in [0.29, 0.717) is 12.2 Å². The van der Waals surface area contributed by atoms with Crippen LogP contribution >= 0.6 is 0 Å². The first kappa shape index (κ1) is 12.4. The molecule has 0 atom stereocenters. The number of nitrogens with two attached hydrogens (primary N) is 1. The standard InChI is InChI=1S/C16H12FN2O/c17-13-7-5-11(6-8-13)10-19-14-4-2-1-3-12(14)9-15(19)16(18)20/h2-9H,10H2,(H2,18,20). The van der Waals surface area contributed by atoms with Crippen LogP contribution in [0.5, 0.6) is 0 Å². The molecule has 2 N–H and O–H groups in total. The molecule has 2 aromatic carbocycles. The smallest absolute Gasteiger partial charge is 0.265 e. The van der Waals surface area contributed by atoms with Crippen LogP contribution in [0, 0.1) is 11.9 Å². The van der Waals surface area contributed by atoms with E-state index in [2.05, 4.69) is 6.07 Å². The normalized spacial score (nSPS) is 10.8. The van der Waals surface area contributed by atoms with E-state index in [0.717, 1.165) is 16.5 Å². The van der Waals surface area contributed by atoms with Gasteiger partial charge < -0.3 is 10.3 Å². The third-order valence-corrected chi connectivity index (χ3v) is 3.25. The molecular formula is C16H12FN2O. The van der Waals surface area contributed by atoms with Gasteiger partial charge in [-0.1, -0.05) is 18.2 Å². The number of benzene rings is 2. The van der Waals surface area contributed by atoms with Crippen LogP contribution in [0.15, 0.2) is 48.5 Å². The van der Waals surface area contributed by atoms with E-state index in [-0.39, 0.29) is 5.82 Å². The molecule has 99 valence electrons. The molecule has 0 aliphatic rings. The molecule has 1 aromatic heterocycles. The maximum absolute atomic E-state index is 12.9. The van der Waals surface area contributed by atoms with Gasteiger partial charge in [0.25, 0.3) is 5.91 Å². The zero-order chi connectivity index (χ0) is 14.1. The maximum Gasteiger partial charge on any atom is 0.265 e. The molecule has 3 aromatic rings. The highest BCUT2D eigenvalue weighted by Gasteiger charge is 2.13. The first-order valence-electron chi connectivity index (χ1n) is 6.19. The van der Waals surface area contributed by atoms with Crippen LogP contribution < -0.4 is 5.73 Å². The minimum atomic E-state index is -0.483. The van der Waals surface area contributed by atoms with Crippen molar-refractivity contribution in [3.63, 3.8) is 0 Å². The fraction of sp³-hybridized carbons (Fsp3) is 0.0625. The number of carbonyl (C=O) groups excluding carboxylic acids is 1. The Morgan fingerprint density at radius 3 is 2.70 bits per heavy atom. The third kappa shape index (κ3) is 2.16. The van der Waals surface area contributed by atoms with E-state index < -0.39 is 5.91 Å². The number of aromatic nitrogens is 1. The fourth-order valence-corrected chi connectivity index (χ4v) is 2.30. The van der Waals surface area contributed by atoms with Gasteiger partial charge in [0, 0.05) is 17.4 Å². The Bertz CT molecular complexity index is 775. The lowest BCUT2D eigenvalue weighted by Crippen LogP contribution is -2.17. The number of hydrogen-bond acceptors (Lipinski definition) is 1. The number of hydrogen-bond donors (Lipinski definition) is 1. The lowest BCUT2D eigenvalue weighted by atomic mass is 10.2. The van der Waals surface area contributed by atoms with Gasteiger partial charge in [0.1, 0.15) is 11.5 Å². The maximum atomic E-state index is 12.9. The van der Waals surface area contributed by atoms with E-state index in [1.165, 1.54) is 12.1 Å². The van der Waals surface area contributed by atoms with Gasteiger partial charge in [-0.3, -0.25) is 4.79 Å². The number of carbonyl (C=O) groups is 1. The summed E-state index contributed by atoms with van der Waals surface area (Å²) in [5.74, 6) is -0.765. The Labute approximate surface area is 115 Å². The van der Waals surface area contributed by atoms with Gasteiger partial charge in [0.15, 0.2) is 0 Å². The monoisotopic (exact) mass is 267 g/mol. The van der Waals surface area contributed by atoms with Crippen LogP contribution in [0.25, 0.3) is 10.9 Å². The average molecular weight is 267 g/mol. The molecule has 0 saturated carbocycles. The minimum Gasteiger partial charge on any atom is -0.364 e. The summed E-state index contributed by atoms with van der Waals surface area (Å²) in [6.45, 7) is 0.464. The summed E-state index contributed by atoms with van der Waals surface area (Å²) >= 11 is 0. The largest absolute Gasteiger partial charge is 0.364 e. The average Bonchev–Trinajstić information content (AvgIpc) is 2.81. The van der Waals surface area contributed by atoms with Crippen molar-refractivity contribution in [2.75, 3.05) is 0 Å². The second-order valence-corrected chi connectivity index (χ2v) is 4.59. The van der Waals surface area contributed by atoms with Crippen LogP contribution in [-0.2, 0) is 6.54 Å². The zero-order valence-electron chi connectivity index (χ0n) is 10.6. The van der Waals surface area contributed by atoms with Crippen molar-refractivity contribution in [1.82, 2.24) is 4.57 Å². The van der Waals surface area contributed by atoms with Gasteiger partial charge in [-0.2, -0.15) is 0 Å². The molecular weight excluding hydrogens is 255 g/mol. The van der Waals surface area contributed by atoms with E-state index in [1.54, 1.807) is 24.3 Å². The third-order valence-electron chi connectivity index (χ3n) is 3.25. The molecule has 1 radical (unpaired) electrons. The topological polar surface area (TPSA) is 48.0 Å². The van der Waals surface area contributed by atoms with Gasteiger partial charge in [-0.05, 0) is 42.0 Å². The summed E-state index contributed by atoms with van der Waals surface area (Å²) in [5, 5.41) is 0.906. The number of nitrogens with zero attached hydrogens (tertiary/aromatic N) is 1. The highest BCUT2D eigenvalue weighted by atomic mass is 19.1. The molecule has 20 heavy (non-hydrogen) atoms. The zero-order valence-corrected chi connectivity index (χ0v) is 10.6. The number of amides is 1. The lowest BCUT2D eigenvalue weighted by Gasteiger charge is -2.09. The SMILES string of the molecule is NC(=O)c1cc2c[c]ccc2n1Cc1ccc(F)cc1. The van der Waals surface area contributed by atoms with Crippen molar-refractivity contribution >= 4 is 16.8 Å². The highest BCUT2D eigenvalue weighted by Crippen LogP contribution is 2.21. The predicted molar refractivity (Wildman–Crippen MR) is 74.8 cm³/mol. The molecule has 1 heterocycles. The Morgan fingerprint density at radius 2 is 2.00 bits per heavy atom. The van der Waals surface area contributed by atoms with Gasteiger partial charge in [0.2, 0.25) is 0 Å². The van der Waals surface area contributed by atoms with Crippen LogP contribution in [0.2, 0.25) is 0 Å². The molecule has 0 fully saturated rings. The minimum absolute atomic E-state index is 0.282. The second kappa shape index (κ2) is 4.81. The molecule has 0 saturated heterocycles. The fourth-order valence-electron chi connectivity index (χ4n) is 2.30. The van der Waals surface area contributed by atoms with Crippen LogP contribution in [0.3, 0.4) is 0 Å². The van der Waals surface area contributed by atoms with Crippen molar-refractivity contribution in [2.24, 2.45) is 5.73 Å². The van der Waals surface area contributed by atoms with Crippen molar-refractivity contribution in [3.05, 3.63) is 71.7 Å². The number of halogens is 1. The Balaban J connectivity index is 2.11. The van der Waals surface area contributed by atoms with Crippen molar-refractivity contribution in [2.45, 2.75) is 6.54 Å². The van der Waals surface area contributed by atoms with Crippen molar-refractivity contribution in [3.8, 4) is 0 Å². The molecule has 0 aliphatic carbocycles. The van der Waals surface area contributed by atoms with E-state index in [4.69, 9.17) is 5.73 Å². The van der Waals surface area contributed by atoms with Gasteiger partial charge in [0.05, 0.1) is 0 Å². The molecule has 1 amide bonds. The first-order chi connectivity index (χ1) is 9.65. The Morgan fingerprint density at radius 1 is 1.25 bits per heavy atom. The summed E-state index contributed by atoms with van der Waals surface area (Å²) in [4.78, 5) is 11.6. The Kier molecular flexibility index (Phi) is 2.99. The summed E-state index contributed by atoms with van der Waals surface area (Å²) in [7, 11) is 0. The van der Waals surface area contributed by atoms with Crippen molar-refractivity contribution < 1.29 is 9.18 Å². The summed E-state index contributed by atoms with van der Waals surface area (Å²) in [5.41, 5.74) is 7.67. The summed E-state index contributed by atoms with van der Waals surface area (Å²) < 4.78 is 14.8.